The van der Waals surface area contributed by atoms with Crippen LogP contribution in [0.2, 0.25) is 5.02 Å². The number of hydrogen-bond acceptors (Lipinski definition) is 7. The van der Waals surface area contributed by atoms with Gasteiger partial charge in [0.1, 0.15) is 5.75 Å². The predicted molar refractivity (Wildman–Crippen MR) is 120 cm³/mol. The summed E-state index contributed by atoms with van der Waals surface area (Å²) in [5.74, 6) is 1.15. The van der Waals surface area contributed by atoms with Crippen LogP contribution >= 0.6 is 11.6 Å². The van der Waals surface area contributed by atoms with Crippen molar-refractivity contribution in [3.8, 4) is 5.75 Å². The number of hydrogen-bond donors (Lipinski definition) is 4. The molecule has 1 aromatic carbocycles. The molecule has 0 saturated heterocycles. The summed E-state index contributed by atoms with van der Waals surface area (Å²) in [6.45, 7) is 9.96. The van der Waals surface area contributed by atoms with E-state index >= 15 is 0 Å². The molecule has 8 nitrogen and oxygen atoms in total. The molecule has 0 radical (unpaired) electrons. The zero-order valence-electron chi connectivity index (χ0n) is 17.9. The fourth-order valence-corrected chi connectivity index (χ4v) is 3.57. The number of nitrogens with one attached hydrogen (secondary N) is 2. The SMILES string of the molecule is CC(CC(C)(C)O)Nc1nc(NCc2cc(Cl)ccc2O)c2ncn(C(C)C)c2n1. The minimum Gasteiger partial charge on any atom is -0.508 e. The number of fused-ring (bicyclic) bond motifs is 1. The molecule has 0 fully saturated rings. The van der Waals surface area contributed by atoms with Crippen LogP contribution in [-0.2, 0) is 6.54 Å². The van der Waals surface area contributed by atoms with Crippen molar-refractivity contribution in [1.82, 2.24) is 19.5 Å². The topological polar surface area (TPSA) is 108 Å². The van der Waals surface area contributed by atoms with Crippen molar-refractivity contribution >= 4 is 34.5 Å². The molecule has 0 saturated carbocycles. The Labute approximate surface area is 181 Å². The Morgan fingerprint density at radius 3 is 2.60 bits per heavy atom. The molecular weight excluding hydrogens is 404 g/mol. The first kappa shape index (κ1) is 22.1. The maximum absolute atomic E-state index is 10.1. The summed E-state index contributed by atoms with van der Waals surface area (Å²) >= 11 is 6.06. The predicted octanol–water partition coefficient (Wildman–Crippen LogP) is 4.34. The van der Waals surface area contributed by atoms with Crippen LogP contribution in [0.15, 0.2) is 24.5 Å². The van der Waals surface area contributed by atoms with Gasteiger partial charge in [0.15, 0.2) is 17.0 Å². The van der Waals surface area contributed by atoms with E-state index in [0.717, 1.165) is 0 Å². The Bertz CT molecular complexity index is 1030. The molecule has 1 unspecified atom stereocenters. The molecule has 0 bridgehead atoms. The maximum atomic E-state index is 10.1. The van der Waals surface area contributed by atoms with Crippen molar-refractivity contribution in [1.29, 1.82) is 0 Å². The van der Waals surface area contributed by atoms with Crippen LogP contribution in [0.5, 0.6) is 5.75 Å². The summed E-state index contributed by atoms with van der Waals surface area (Å²) in [6, 6.07) is 5.05. The Balaban J connectivity index is 1.94. The van der Waals surface area contributed by atoms with Gasteiger partial charge in [0.25, 0.3) is 0 Å². The van der Waals surface area contributed by atoms with Crippen LogP contribution < -0.4 is 10.6 Å². The molecular formula is C21H29ClN6O2. The molecule has 0 amide bonds. The van der Waals surface area contributed by atoms with Gasteiger partial charge in [-0.2, -0.15) is 9.97 Å². The summed E-state index contributed by atoms with van der Waals surface area (Å²) in [4.78, 5) is 13.8. The second-order valence-corrected chi connectivity index (χ2v) is 8.94. The highest BCUT2D eigenvalue weighted by Gasteiger charge is 2.20. The van der Waals surface area contributed by atoms with E-state index in [9.17, 15) is 10.2 Å². The largest absolute Gasteiger partial charge is 0.508 e. The Morgan fingerprint density at radius 1 is 1.20 bits per heavy atom. The highest BCUT2D eigenvalue weighted by Crippen LogP contribution is 2.27. The molecule has 3 aromatic rings. The lowest BCUT2D eigenvalue weighted by Gasteiger charge is -2.23. The molecule has 9 heteroatoms. The molecule has 0 aliphatic rings. The number of benzene rings is 1. The number of phenols is 1. The minimum atomic E-state index is -0.804. The van der Waals surface area contributed by atoms with Crippen molar-refractivity contribution in [2.75, 3.05) is 10.6 Å². The standard InChI is InChI=1S/C21H29ClN6O2/c1-12(2)28-11-24-17-18(23-10-14-8-15(22)6-7-16(14)29)26-20(27-19(17)28)25-13(3)9-21(4,5)30/h6-8,11-13,29-30H,9-10H2,1-5H3,(H2,23,25,26,27). The first-order valence-electron chi connectivity index (χ1n) is 9.98. The van der Waals surface area contributed by atoms with E-state index in [1.807, 2.05) is 11.5 Å². The van der Waals surface area contributed by atoms with E-state index in [1.54, 1.807) is 38.4 Å². The minimum absolute atomic E-state index is 0.0392. The lowest BCUT2D eigenvalue weighted by atomic mass is 10.0. The van der Waals surface area contributed by atoms with Crippen LogP contribution in [0.4, 0.5) is 11.8 Å². The van der Waals surface area contributed by atoms with Gasteiger partial charge in [-0.1, -0.05) is 11.6 Å². The highest BCUT2D eigenvalue weighted by atomic mass is 35.5. The van der Waals surface area contributed by atoms with Gasteiger partial charge in [-0.25, -0.2) is 4.98 Å². The number of aromatic hydroxyl groups is 1. The summed E-state index contributed by atoms with van der Waals surface area (Å²) in [5.41, 5.74) is 1.20. The average Bonchev–Trinajstić information content (AvgIpc) is 3.04. The summed E-state index contributed by atoms with van der Waals surface area (Å²) < 4.78 is 1.98. The van der Waals surface area contributed by atoms with Crippen molar-refractivity contribution in [3.05, 3.63) is 35.1 Å². The summed E-state index contributed by atoms with van der Waals surface area (Å²) in [7, 11) is 0. The van der Waals surface area contributed by atoms with E-state index in [2.05, 4.69) is 39.4 Å². The third-order valence-corrected chi connectivity index (χ3v) is 4.88. The van der Waals surface area contributed by atoms with Gasteiger partial charge in [0.2, 0.25) is 5.95 Å². The highest BCUT2D eigenvalue weighted by molar-refractivity contribution is 6.30. The smallest absolute Gasteiger partial charge is 0.226 e. The van der Waals surface area contributed by atoms with Crippen LogP contribution in [0.25, 0.3) is 11.2 Å². The lowest BCUT2D eigenvalue weighted by molar-refractivity contribution is 0.0672. The van der Waals surface area contributed by atoms with Gasteiger partial charge in [-0.05, 0) is 59.2 Å². The van der Waals surface area contributed by atoms with Crippen molar-refractivity contribution < 1.29 is 10.2 Å². The van der Waals surface area contributed by atoms with Crippen LogP contribution in [0.3, 0.4) is 0 Å². The van der Waals surface area contributed by atoms with Crippen molar-refractivity contribution in [2.45, 2.75) is 65.3 Å². The third-order valence-electron chi connectivity index (χ3n) is 4.65. The number of rotatable bonds is 8. The van der Waals surface area contributed by atoms with E-state index in [-0.39, 0.29) is 17.8 Å². The van der Waals surface area contributed by atoms with Crippen LogP contribution in [0, 0.1) is 0 Å². The van der Waals surface area contributed by atoms with Gasteiger partial charge >= 0.3 is 0 Å². The number of imidazole rings is 1. The molecule has 2 aromatic heterocycles. The number of phenolic OH excluding ortho intramolecular Hbond substituents is 1. The fourth-order valence-electron chi connectivity index (χ4n) is 3.38. The third kappa shape index (κ3) is 5.31. The van der Waals surface area contributed by atoms with Gasteiger partial charge in [-0.15, -0.1) is 0 Å². The van der Waals surface area contributed by atoms with Gasteiger partial charge in [0, 0.05) is 29.2 Å². The molecule has 30 heavy (non-hydrogen) atoms. The van der Waals surface area contributed by atoms with Crippen LogP contribution in [-0.4, -0.2) is 41.4 Å². The molecule has 162 valence electrons. The molecule has 0 aliphatic carbocycles. The zero-order valence-corrected chi connectivity index (χ0v) is 18.7. The first-order valence-corrected chi connectivity index (χ1v) is 10.4. The second-order valence-electron chi connectivity index (χ2n) is 8.50. The number of anilines is 2. The van der Waals surface area contributed by atoms with Crippen LogP contribution in [0.1, 0.15) is 52.6 Å². The Hall–Kier alpha value is -2.58. The Kier molecular flexibility index (Phi) is 6.38. The monoisotopic (exact) mass is 432 g/mol. The molecule has 2 heterocycles. The van der Waals surface area contributed by atoms with E-state index < -0.39 is 5.60 Å². The number of aromatic nitrogens is 4. The zero-order chi connectivity index (χ0) is 22.1. The lowest BCUT2D eigenvalue weighted by Crippen LogP contribution is -2.29. The molecule has 0 aliphatic heterocycles. The Morgan fingerprint density at radius 2 is 1.93 bits per heavy atom. The number of nitrogens with zero attached hydrogens (tertiary/aromatic N) is 4. The van der Waals surface area contributed by atoms with Gasteiger partial charge in [-0.3, -0.25) is 0 Å². The van der Waals surface area contributed by atoms with Gasteiger partial charge in [0.05, 0.1) is 11.9 Å². The number of aliphatic hydroxyl groups is 1. The second kappa shape index (κ2) is 8.65. The molecule has 1 atom stereocenters. The summed E-state index contributed by atoms with van der Waals surface area (Å²) in [6.07, 6.45) is 2.28. The van der Waals surface area contributed by atoms with Crippen molar-refractivity contribution in [2.24, 2.45) is 0 Å². The van der Waals surface area contributed by atoms with E-state index in [0.29, 0.717) is 46.5 Å². The van der Waals surface area contributed by atoms with E-state index in [1.165, 1.54) is 0 Å². The summed E-state index contributed by atoms with van der Waals surface area (Å²) in [5, 5.41) is 27.3. The first-order chi connectivity index (χ1) is 14.0. The average molecular weight is 433 g/mol. The van der Waals surface area contributed by atoms with E-state index in [4.69, 9.17) is 11.6 Å². The molecule has 4 N–H and O–H groups in total. The quantitative estimate of drug-likeness (QED) is 0.419. The van der Waals surface area contributed by atoms with Crippen molar-refractivity contribution in [3.63, 3.8) is 0 Å². The fraction of sp³-hybridized carbons (Fsp3) is 0.476. The molecule has 0 spiro atoms. The maximum Gasteiger partial charge on any atom is 0.226 e. The normalized spacial score (nSPS) is 13.1. The van der Waals surface area contributed by atoms with Gasteiger partial charge < -0.3 is 25.4 Å². The molecule has 3 rings (SSSR count). The number of halogens is 1.